The highest BCUT2D eigenvalue weighted by Crippen LogP contribution is 2.17. The molecule has 0 amide bonds. The summed E-state index contributed by atoms with van der Waals surface area (Å²) in [6, 6.07) is 13.3. The Labute approximate surface area is 142 Å². The molecule has 2 rings (SSSR count). The van der Waals surface area contributed by atoms with Gasteiger partial charge >= 0.3 is 5.97 Å². The van der Waals surface area contributed by atoms with Crippen LogP contribution in [0.5, 0.6) is 0 Å². The fourth-order valence-corrected chi connectivity index (χ4v) is 3.32. The zero-order valence-electron chi connectivity index (χ0n) is 13.9. The van der Waals surface area contributed by atoms with Crippen LogP contribution in [0.2, 0.25) is 0 Å². The van der Waals surface area contributed by atoms with Gasteiger partial charge in [-0.15, -0.1) is 0 Å². The standard InChI is InChI=1S/C18H20O5S/c1-13-4-10-17(11-5-13)24(20,21)23-14(2)12-15-6-8-16(9-7-15)18(19)22-3/h4-11,14H,12H2,1-3H3. The zero-order valence-corrected chi connectivity index (χ0v) is 14.7. The van der Waals surface area contributed by atoms with Crippen LogP contribution in [-0.4, -0.2) is 27.6 Å². The van der Waals surface area contributed by atoms with Crippen LogP contribution in [-0.2, 0) is 25.5 Å². The molecule has 0 fully saturated rings. The minimum atomic E-state index is -3.80. The van der Waals surface area contributed by atoms with Gasteiger partial charge in [-0.2, -0.15) is 8.42 Å². The van der Waals surface area contributed by atoms with Crippen molar-refractivity contribution in [2.75, 3.05) is 7.11 Å². The first-order valence-corrected chi connectivity index (χ1v) is 8.90. The van der Waals surface area contributed by atoms with Crippen molar-refractivity contribution in [2.24, 2.45) is 0 Å². The summed E-state index contributed by atoms with van der Waals surface area (Å²) in [5.41, 5.74) is 2.30. The summed E-state index contributed by atoms with van der Waals surface area (Å²) < 4.78 is 34.4. The number of aryl methyl sites for hydroxylation is 1. The Morgan fingerprint density at radius 1 is 1.04 bits per heavy atom. The molecular weight excluding hydrogens is 328 g/mol. The predicted octanol–water partition coefficient (Wildman–Crippen LogP) is 3.12. The van der Waals surface area contributed by atoms with E-state index in [4.69, 9.17) is 4.18 Å². The average Bonchev–Trinajstić information content (AvgIpc) is 2.54. The number of hydrogen-bond donors (Lipinski definition) is 0. The third-order valence-corrected chi connectivity index (χ3v) is 4.93. The summed E-state index contributed by atoms with van der Waals surface area (Å²) >= 11 is 0. The normalized spacial score (nSPS) is 12.6. The molecular formula is C18H20O5S. The number of rotatable bonds is 6. The van der Waals surface area contributed by atoms with E-state index in [1.165, 1.54) is 19.2 Å². The van der Waals surface area contributed by atoms with Gasteiger partial charge in [0.2, 0.25) is 0 Å². The number of hydrogen-bond acceptors (Lipinski definition) is 5. The van der Waals surface area contributed by atoms with Gasteiger partial charge in [0, 0.05) is 0 Å². The highest BCUT2D eigenvalue weighted by Gasteiger charge is 2.19. The Hall–Kier alpha value is -2.18. The van der Waals surface area contributed by atoms with Crippen LogP contribution in [0.1, 0.15) is 28.4 Å². The third-order valence-electron chi connectivity index (χ3n) is 3.50. The molecule has 0 bridgehead atoms. The van der Waals surface area contributed by atoms with Gasteiger partial charge in [-0.25, -0.2) is 4.79 Å². The van der Waals surface area contributed by atoms with Crippen LogP contribution >= 0.6 is 0 Å². The van der Waals surface area contributed by atoms with Gasteiger partial charge < -0.3 is 4.74 Å². The molecule has 128 valence electrons. The quantitative estimate of drug-likeness (QED) is 0.592. The van der Waals surface area contributed by atoms with Crippen LogP contribution in [0.25, 0.3) is 0 Å². The summed E-state index contributed by atoms with van der Waals surface area (Å²) in [6.45, 7) is 3.58. The fourth-order valence-electron chi connectivity index (χ4n) is 2.24. The molecule has 5 nitrogen and oxygen atoms in total. The number of carbonyl (C=O) groups excluding carboxylic acids is 1. The van der Waals surface area contributed by atoms with Crippen molar-refractivity contribution >= 4 is 16.1 Å². The first kappa shape index (κ1) is 18.2. The monoisotopic (exact) mass is 348 g/mol. The van der Waals surface area contributed by atoms with Crippen LogP contribution in [0.15, 0.2) is 53.4 Å². The van der Waals surface area contributed by atoms with E-state index in [1.54, 1.807) is 43.3 Å². The van der Waals surface area contributed by atoms with Crippen molar-refractivity contribution in [3.63, 3.8) is 0 Å². The lowest BCUT2D eigenvalue weighted by molar-refractivity contribution is 0.0600. The Morgan fingerprint density at radius 2 is 1.62 bits per heavy atom. The van der Waals surface area contributed by atoms with E-state index >= 15 is 0 Å². The number of benzene rings is 2. The molecule has 2 aromatic rings. The van der Waals surface area contributed by atoms with Crippen molar-refractivity contribution in [3.05, 3.63) is 65.2 Å². The lowest BCUT2D eigenvalue weighted by Gasteiger charge is -2.13. The van der Waals surface area contributed by atoms with Crippen LogP contribution in [0.3, 0.4) is 0 Å². The maximum atomic E-state index is 12.2. The summed E-state index contributed by atoms with van der Waals surface area (Å²) in [7, 11) is -2.47. The number of esters is 1. The van der Waals surface area contributed by atoms with E-state index in [0.717, 1.165) is 11.1 Å². The van der Waals surface area contributed by atoms with E-state index in [1.807, 2.05) is 6.92 Å². The highest BCUT2D eigenvalue weighted by molar-refractivity contribution is 7.86. The van der Waals surface area contributed by atoms with Crippen molar-refractivity contribution in [1.29, 1.82) is 0 Å². The summed E-state index contributed by atoms with van der Waals surface area (Å²) in [4.78, 5) is 11.5. The molecule has 2 aromatic carbocycles. The molecule has 6 heteroatoms. The summed E-state index contributed by atoms with van der Waals surface area (Å²) in [6.07, 6.45) is -0.118. The van der Waals surface area contributed by atoms with Crippen molar-refractivity contribution in [3.8, 4) is 0 Å². The Kier molecular flexibility index (Phi) is 5.75. The lowest BCUT2D eigenvalue weighted by Crippen LogP contribution is -2.18. The van der Waals surface area contributed by atoms with Crippen LogP contribution in [0, 0.1) is 6.92 Å². The summed E-state index contributed by atoms with van der Waals surface area (Å²) in [5.74, 6) is -0.409. The molecule has 0 heterocycles. The molecule has 0 aromatic heterocycles. The number of methoxy groups -OCH3 is 1. The molecule has 0 spiro atoms. The van der Waals surface area contributed by atoms with Gasteiger partial charge in [-0.1, -0.05) is 29.8 Å². The Morgan fingerprint density at radius 3 is 2.17 bits per heavy atom. The topological polar surface area (TPSA) is 69.7 Å². The van der Waals surface area contributed by atoms with Gasteiger partial charge in [-0.3, -0.25) is 4.18 Å². The number of ether oxygens (including phenoxy) is 1. The molecule has 0 aliphatic carbocycles. The zero-order chi connectivity index (χ0) is 17.7. The first-order valence-electron chi connectivity index (χ1n) is 7.49. The molecule has 0 radical (unpaired) electrons. The number of carbonyl (C=O) groups is 1. The van der Waals surface area contributed by atoms with E-state index in [0.29, 0.717) is 12.0 Å². The molecule has 0 saturated heterocycles. The maximum absolute atomic E-state index is 12.2. The van der Waals surface area contributed by atoms with E-state index in [2.05, 4.69) is 4.74 Å². The predicted molar refractivity (Wildman–Crippen MR) is 90.4 cm³/mol. The fraction of sp³-hybridized carbons (Fsp3) is 0.278. The molecule has 0 aliphatic rings. The first-order chi connectivity index (χ1) is 11.3. The molecule has 1 atom stereocenters. The van der Waals surface area contributed by atoms with Gasteiger partial charge in [0.1, 0.15) is 0 Å². The van der Waals surface area contributed by atoms with Crippen LogP contribution < -0.4 is 0 Å². The second-order valence-electron chi connectivity index (χ2n) is 5.57. The van der Waals surface area contributed by atoms with E-state index in [9.17, 15) is 13.2 Å². The SMILES string of the molecule is COC(=O)c1ccc(CC(C)OS(=O)(=O)c2ccc(C)cc2)cc1. The molecule has 0 saturated carbocycles. The molecule has 0 N–H and O–H groups in total. The van der Waals surface area contributed by atoms with Crippen molar-refractivity contribution in [1.82, 2.24) is 0 Å². The van der Waals surface area contributed by atoms with Crippen molar-refractivity contribution < 1.29 is 22.1 Å². The van der Waals surface area contributed by atoms with Gasteiger partial charge in [-0.05, 0) is 50.1 Å². The average molecular weight is 348 g/mol. The largest absolute Gasteiger partial charge is 0.465 e. The minimum absolute atomic E-state index is 0.140. The second kappa shape index (κ2) is 7.59. The van der Waals surface area contributed by atoms with Crippen molar-refractivity contribution in [2.45, 2.75) is 31.3 Å². The third kappa shape index (κ3) is 4.66. The smallest absolute Gasteiger partial charge is 0.337 e. The highest BCUT2D eigenvalue weighted by atomic mass is 32.2. The van der Waals surface area contributed by atoms with Gasteiger partial charge in [0.25, 0.3) is 10.1 Å². The second-order valence-corrected chi connectivity index (χ2v) is 7.14. The molecule has 24 heavy (non-hydrogen) atoms. The van der Waals surface area contributed by atoms with Gasteiger partial charge in [0.05, 0.1) is 23.7 Å². The Bertz CT molecular complexity index is 792. The molecule has 0 aliphatic heterocycles. The molecule has 1 unspecified atom stereocenters. The maximum Gasteiger partial charge on any atom is 0.337 e. The van der Waals surface area contributed by atoms with Crippen LogP contribution in [0.4, 0.5) is 0 Å². The minimum Gasteiger partial charge on any atom is -0.465 e. The Balaban J connectivity index is 2.03. The summed E-state index contributed by atoms with van der Waals surface area (Å²) in [5, 5.41) is 0. The van der Waals surface area contributed by atoms with E-state index < -0.39 is 22.2 Å². The lowest BCUT2D eigenvalue weighted by atomic mass is 10.1. The van der Waals surface area contributed by atoms with E-state index in [-0.39, 0.29) is 4.90 Å². The van der Waals surface area contributed by atoms with Gasteiger partial charge in [0.15, 0.2) is 0 Å².